The molecule has 4 atom stereocenters. The molecule has 3 rings (SSSR count). The number of sulfone groups is 1. The highest BCUT2D eigenvalue weighted by atomic mass is 32.2. The second-order valence-electron chi connectivity index (χ2n) is 10.3. The minimum Gasteiger partial charge on any atom is -0.481 e. The summed E-state index contributed by atoms with van der Waals surface area (Å²) in [6, 6.07) is 0. The Morgan fingerprint density at radius 2 is 1.72 bits per heavy atom. The Morgan fingerprint density at radius 1 is 1.00 bits per heavy atom. The summed E-state index contributed by atoms with van der Waals surface area (Å²) >= 11 is 0. The highest BCUT2D eigenvalue weighted by Gasteiger charge is 2.49. The molecule has 0 aromatic carbocycles. The molecule has 2 heterocycles. The number of rotatable bonds is 13. The maximum Gasteiger partial charge on any atom is 0.303 e. The third kappa shape index (κ3) is 8.02. The van der Waals surface area contributed by atoms with Crippen LogP contribution in [0.25, 0.3) is 0 Å². The molecule has 0 radical (unpaired) electrons. The van der Waals surface area contributed by atoms with E-state index in [4.69, 9.17) is 9.84 Å². The van der Waals surface area contributed by atoms with Crippen LogP contribution in [-0.4, -0.2) is 43.2 Å². The fraction of sp³-hybridized carbons (Fsp3) is 0.808. The molecule has 0 aromatic heterocycles. The van der Waals surface area contributed by atoms with Crippen LogP contribution in [0, 0.1) is 17.8 Å². The van der Waals surface area contributed by atoms with Gasteiger partial charge in [0.2, 0.25) is 0 Å². The lowest BCUT2D eigenvalue weighted by molar-refractivity contribution is -0.137. The molecule has 5 nitrogen and oxygen atoms in total. The largest absolute Gasteiger partial charge is 0.481 e. The summed E-state index contributed by atoms with van der Waals surface area (Å²) in [4.78, 5) is 10.6. The van der Waals surface area contributed by atoms with Crippen molar-refractivity contribution in [2.24, 2.45) is 17.8 Å². The van der Waals surface area contributed by atoms with E-state index in [1.54, 1.807) is 0 Å². The van der Waals surface area contributed by atoms with Gasteiger partial charge in [-0.25, -0.2) is 8.42 Å². The Kier molecular flexibility index (Phi) is 9.84. The first-order valence-corrected chi connectivity index (χ1v) is 14.5. The second-order valence-corrected chi connectivity index (χ2v) is 12.4. The summed E-state index contributed by atoms with van der Waals surface area (Å²) in [5.74, 6) is 0.798. The summed E-state index contributed by atoms with van der Waals surface area (Å²) in [7, 11) is -3.16. The van der Waals surface area contributed by atoms with E-state index in [2.05, 4.69) is 12.2 Å². The lowest BCUT2D eigenvalue weighted by atomic mass is 9.78. The Bertz CT molecular complexity index is 763. The average molecular weight is 467 g/mol. The van der Waals surface area contributed by atoms with Gasteiger partial charge in [-0.1, -0.05) is 55.9 Å². The molecule has 0 spiro atoms. The highest BCUT2D eigenvalue weighted by Crippen LogP contribution is 2.45. The maximum absolute atomic E-state index is 13.0. The summed E-state index contributed by atoms with van der Waals surface area (Å²) in [6.45, 7) is 1.97. The van der Waals surface area contributed by atoms with Gasteiger partial charge in [0.1, 0.15) is 0 Å². The van der Waals surface area contributed by atoms with E-state index in [0.29, 0.717) is 6.42 Å². The monoisotopic (exact) mass is 466 g/mol. The second kappa shape index (κ2) is 12.4. The van der Waals surface area contributed by atoms with E-state index >= 15 is 0 Å². The van der Waals surface area contributed by atoms with Gasteiger partial charge in [-0.15, -0.1) is 0 Å². The molecule has 32 heavy (non-hydrogen) atoms. The zero-order valence-electron chi connectivity index (χ0n) is 19.7. The van der Waals surface area contributed by atoms with E-state index in [-0.39, 0.29) is 42.0 Å². The van der Waals surface area contributed by atoms with Crippen LogP contribution in [0.3, 0.4) is 0 Å². The van der Waals surface area contributed by atoms with Gasteiger partial charge in [0, 0.05) is 12.3 Å². The third-order valence-corrected chi connectivity index (χ3v) is 9.40. The fourth-order valence-corrected chi connectivity index (χ4v) is 7.95. The van der Waals surface area contributed by atoms with Gasteiger partial charge in [0.15, 0.2) is 9.84 Å². The molecule has 2 saturated heterocycles. The number of hydrogen-bond donors (Lipinski definition) is 1. The van der Waals surface area contributed by atoms with Crippen LogP contribution in [0.4, 0.5) is 0 Å². The fourth-order valence-electron chi connectivity index (χ4n) is 5.97. The number of carbonyl (C=O) groups is 1. The molecule has 2 bridgehead atoms. The van der Waals surface area contributed by atoms with Crippen LogP contribution < -0.4 is 0 Å². The van der Waals surface area contributed by atoms with Crippen molar-refractivity contribution in [2.45, 2.75) is 103 Å². The molecule has 0 aromatic rings. The number of unbranched alkanes of at least 4 members (excludes halogenated alkanes) is 1. The van der Waals surface area contributed by atoms with Crippen molar-refractivity contribution in [2.75, 3.05) is 11.5 Å². The van der Waals surface area contributed by atoms with Gasteiger partial charge >= 0.3 is 5.97 Å². The minimum atomic E-state index is -3.16. The van der Waals surface area contributed by atoms with Gasteiger partial charge in [0.05, 0.1) is 23.7 Å². The Hall–Kier alpha value is -1.14. The maximum atomic E-state index is 13.0. The number of hydrogen-bond acceptors (Lipinski definition) is 4. The molecule has 3 aliphatic rings. The lowest BCUT2D eigenvalue weighted by Gasteiger charge is -2.27. The molecule has 3 fully saturated rings. The summed E-state index contributed by atoms with van der Waals surface area (Å²) in [6.07, 6.45) is 19.9. The quantitative estimate of drug-likeness (QED) is 0.278. The first-order chi connectivity index (χ1) is 15.3. The topological polar surface area (TPSA) is 80.7 Å². The normalized spacial score (nSPS) is 29.2. The Balaban J connectivity index is 1.46. The number of allylic oxidation sites excluding steroid dienone is 3. The van der Waals surface area contributed by atoms with Crippen LogP contribution in [0.15, 0.2) is 23.8 Å². The number of carboxylic acids is 1. The SMILES string of the molecule is CC(=CCCC1CCCCC1)CS(=O)(=O)C[C@H]1[C@@H](CC=CCCCC(=O)O)[C@H]2CC[C@@H]1O2. The van der Waals surface area contributed by atoms with Crippen molar-refractivity contribution >= 4 is 15.8 Å². The standard InChI is InChI=1S/C26H42O5S/c1-20(10-9-13-21-11-5-4-6-12-21)18-32(29,30)19-23-22(24-16-17-25(23)31-24)14-7-2-3-8-15-26(27)28/h2,7,10,21-25H,3-6,8-9,11-19H2,1H3,(H,27,28)/t22-,23+,24-,25+/m1/s1. The van der Waals surface area contributed by atoms with Crippen LogP contribution >= 0.6 is 0 Å². The number of ether oxygens (including phenoxy) is 1. The molecule has 0 amide bonds. The van der Waals surface area contributed by atoms with Crippen LogP contribution in [0.5, 0.6) is 0 Å². The van der Waals surface area contributed by atoms with E-state index in [9.17, 15) is 13.2 Å². The predicted molar refractivity (Wildman–Crippen MR) is 128 cm³/mol. The van der Waals surface area contributed by atoms with Crippen molar-refractivity contribution in [3.63, 3.8) is 0 Å². The highest BCUT2D eigenvalue weighted by molar-refractivity contribution is 7.91. The van der Waals surface area contributed by atoms with E-state index in [0.717, 1.165) is 43.6 Å². The Labute approximate surface area is 194 Å². The van der Waals surface area contributed by atoms with Crippen LogP contribution in [-0.2, 0) is 19.4 Å². The summed E-state index contributed by atoms with van der Waals surface area (Å²) in [5, 5.41) is 8.73. The van der Waals surface area contributed by atoms with Gasteiger partial charge in [-0.3, -0.25) is 4.79 Å². The summed E-state index contributed by atoms with van der Waals surface area (Å²) < 4.78 is 32.1. The molecule has 1 aliphatic carbocycles. The van der Waals surface area contributed by atoms with Gasteiger partial charge in [-0.2, -0.15) is 0 Å². The molecule has 6 heteroatoms. The lowest BCUT2D eigenvalue weighted by Crippen LogP contribution is -2.33. The van der Waals surface area contributed by atoms with Gasteiger partial charge in [-0.05, 0) is 63.7 Å². The number of fused-ring (bicyclic) bond motifs is 2. The van der Waals surface area contributed by atoms with E-state index in [1.807, 2.05) is 13.0 Å². The molecule has 182 valence electrons. The average Bonchev–Trinajstić information content (AvgIpc) is 3.33. The van der Waals surface area contributed by atoms with Crippen molar-refractivity contribution in [3.05, 3.63) is 23.8 Å². The van der Waals surface area contributed by atoms with Crippen LogP contribution in [0.2, 0.25) is 0 Å². The van der Waals surface area contributed by atoms with Crippen molar-refractivity contribution in [3.8, 4) is 0 Å². The molecular formula is C26H42O5S. The van der Waals surface area contributed by atoms with E-state index < -0.39 is 15.8 Å². The summed E-state index contributed by atoms with van der Waals surface area (Å²) in [5.41, 5.74) is 0.986. The number of aliphatic carboxylic acids is 1. The zero-order chi connectivity index (χ0) is 23.0. The molecule has 1 N–H and O–H groups in total. The molecule has 0 unspecified atom stereocenters. The van der Waals surface area contributed by atoms with Gasteiger partial charge < -0.3 is 9.84 Å². The van der Waals surface area contributed by atoms with Crippen molar-refractivity contribution in [1.82, 2.24) is 0 Å². The Morgan fingerprint density at radius 3 is 2.44 bits per heavy atom. The van der Waals surface area contributed by atoms with Crippen LogP contribution in [0.1, 0.15) is 90.4 Å². The predicted octanol–water partition coefficient (Wildman–Crippen LogP) is 5.70. The molecule has 1 saturated carbocycles. The first kappa shape index (κ1) is 25.5. The minimum absolute atomic E-state index is 0.0794. The number of carboxylic acid groups (broad SMARTS) is 1. The third-order valence-electron chi connectivity index (χ3n) is 7.61. The first-order valence-electron chi connectivity index (χ1n) is 12.7. The zero-order valence-corrected chi connectivity index (χ0v) is 20.5. The molecule has 2 aliphatic heterocycles. The van der Waals surface area contributed by atoms with E-state index in [1.165, 1.54) is 38.5 Å². The van der Waals surface area contributed by atoms with Crippen molar-refractivity contribution < 1.29 is 23.1 Å². The smallest absolute Gasteiger partial charge is 0.303 e. The van der Waals surface area contributed by atoms with Gasteiger partial charge in [0.25, 0.3) is 0 Å². The van der Waals surface area contributed by atoms with Crippen molar-refractivity contribution in [1.29, 1.82) is 0 Å². The molecular weight excluding hydrogens is 424 g/mol.